The van der Waals surface area contributed by atoms with E-state index in [-0.39, 0.29) is 22.8 Å². The molecular formula is C17H23N3O4S2. The van der Waals surface area contributed by atoms with E-state index < -0.39 is 10.0 Å². The second kappa shape index (κ2) is 8.52. The van der Waals surface area contributed by atoms with E-state index >= 15 is 0 Å². The molecule has 0 fully saturated rings. The normalized spacial score (nSPS) is 12.5. The van der Waals surface area contributed by atoms with Gasteiger partial charge < -0.3 is 15.4 Å². The van der Waals surface area contributed by atoms with E-state index in [9.17, 15) is 13.2 Å². The summed E-state index contributed by atoms with van der Waals surface area (Å²) in [6.07, 6.45) is 0. The van der Waals surface area contributed by atoms with Crippen LogP contribution in [0.25, 0.3) is 0 Å². The molecule has 1 aromatic heterocycles. The zero-order chi connectivity index (χ0) is 19.3. The van der Waals surface area contributed by atoms with Crippen LogP contribution in [-0.2, 0) is 14.8 Å². The summed E-state index contributed by atoms with van der Waals surface area (Å²) in [4.78, 5) is 13.6. The van der Waals surface area contributed by atoms with Crippen molar-refractivity contribution in [3.8, 4) is 5.75 Å². The van der Waals surface area contributed by atoms with E-state index in [1.165, 1.54) is 27.6 Å². The van der Waals surface area contributed by atoms with Gasteiger partial charge in [0.15, 0.2) is 6.61 Å². The molecule has 1 amide bonds. The number of benzene rings is 1. The van der Waals surface area contributed by atoms with Crippen molar-refractivity contribution >= 4 is 33.0 Å². The number of thiophene rings is 1. The van der Waals surface area contributed by atoms with Crippen LogP contribution >= 0.6 is 11.3 Å². The summed E-state index contributed by atoms with van der Waals surface area (Å²) in [5, 5.41) is 1.72. The summed E-state index contributed by atoms with van der Waals surface area (Å²) < 4.78 is 32.0. The fourth-order valence-corrected chi connectivity index (χ4v) is 4.44. The lowest BCUT2D eigenvalue weighted by molar-refractivity contribution is -0.133. The average molecular weight is 398 g/mol. The maximum Gasteiger partial charge on any atom is 0.273 e. The van der Waals surface area contributed by atoms with E-state index in [1.807, 2.05) is 6.92 Å². The highest BCUT2D eigenvalue weighted by Gasteiger charge is 2.22. The fraction of sp³-hybridized carbons (Fsp3) is 0.353. The van der Waals surface area contributed by atoms with Gasteiger partial charge in [0.25, 0.3) is 15.9 Å². The Morgan fingerprint density at radius 1 is 1.23 bits per heavy atom. The van der Waals surface area contributed by atoms with Gasteiger partial charge in [-0.15, -0.1) is 11.3 Å². The largest absolute Gasteiger partial charge is 0.484 e. The summed E-state index contributed by atoms with van der Waals surface area (Å²) >= 11 is 1.17. The molecular weight excluding hydrogens is 374 g/mol. The maximum absolute atomic E-state index is 12.5. The van der Waals surface area contributed by atoms with Gasteiger partial charge in [0, 0.05) is 26.7 Å². The van der Waals surface area contributed by atoms with E-state index in [1.54, 1.807) is 48.8 Å². The minimum absolute atomic E-state index is 0.0652. The number of amides is 1. The van der Waals surface area contributed by atoms with Gasteiger partial charge in [-0.1, -0.05) is 6.07 Å². The van der Waals surface area contributed by atoms with Crippen molar-refractivity contribution in [1.82, 2.24) is 4.90 Å². The Labute approximate surface area is 158 Å². The predicted molar refractivity (Wildman–Crippen MR) is 103 cm³/mol. The minimum atomic E-state index is -3.57. The summed E-state index contributed by atoms with van der Waals surface area (Å²) in [6, 6.07) is 9.74. The molecule has 0 aliphatic heterocycles. The first kappa shape index (κ1) is 20.2. The molecule has 2 aromatic rings. The van der Waals surface area contributed by atoms with Crippen molar-refractivity contribution in [3.63, 3.8) is 0 Å². The van der Waals surface area contributed by atoms with Crippen molar-refractivity contribution < 1.29 is 17.9 Å². The molecule has 9 heteroatoms. The molecule has 1 atom stereocenters. The SMILES string of the molecule is CC(CN)N(C)C(=O)COc1ccc(N(C)S(=O)(=O)c2cccs2)cc1. The van der Waals surface area contributed by atoms with Gasteiger partial charge in [-0.25, -0.2) is 8.42 Å². The molecule has 1 heterocycles. The lowest BCUT2D eigenvalue weighted by atomic mass is 10.3. The average Bonchev–Trinajstić information content (AvgIpc) is 3.20. The van der Waals surface area contributed by atoms with Gasteiger partial charge in [0.1, 0.15) is 9.96 Å². The van der Waals surface area contributed by atoms with Crippen molar-refractivity contribution in [2.45, 2.75) is 17.2 Å². The highest BCUT2D eigenvalue weighted by atomic mass is 32.2. The molecule has 0 aliphatic rings. The molecule has 0 saturated carbocycles. The number of nitrogens with two attached hydrogens (primary N) is 1. The van der Waals surface area contributed by atoms with Crippen molar-refractivity contribution in [3.05, 3.63) is 41.8 Å². The number of nitrogens with zero attached hydrogens (tertiary/aromatic N) is 2. The van der Waals surface area contributed by atoms with E-state index in [2.05, 4.69) is 0 Å². The Morgan fingerprint density at radius 3 is 2.42 bits per heavy atom. The number of carbonyl (C=O) groups excluding carboxylic acids is 1. The van der Waals surface area contributed by atoms with Crippen molar-refractivity contribution in [1.29, 1.82) is 0 Å². The second-order valence-electron chi connectivity index (χ2n) is 5.78. The molecule has 7 nitrogen and oxygen atoms in total. The van der Waals surface area contributed by atoms with Gasteiger partial charge in [0.05, 0.1) is 5.69 Å². The Morgan fingerprint density at radius 2 is 1.88 bits per heavy atom. The van der Waals surface area contributed by atoms with E-state index in [0.29, 0.717) is 18.0 Å². The number of ether oxygens (including phenoxy) is 1. The number of sulfonamides is 1. The third kappa shape index (κ3) is 4.54. The topological polar surface area (TPSA) is 92.9 Å². The quantitative estimate of drug-likeness (QED) is 0.733. The monoisotopic (exact) mass is 397 g/mol. The smallest absolute Gasteiger partial charge is 0.273 e. The van der Waals surface area contributed by atoms with Crippen LogP contribution in [0.15, 0.2) is 46.0 Å². The van der Waals surface area contributed by atoms with Gasteiger partial charge in [-0.3, -0.25) is 9.10 Å². The zero-order valence-electron chi connectivity index (χ0n) is 15.0. The lowest BCUT2D eigenvalue weighted by Crippen LogP contribution is -2.42. The highest BCUT2D eigenvalue weighted by molar-refractivity contribution is 7.94. The number of hydrogen-bond acceptors (Lipinski definition) is 6. The molecule has 26 heavy (non-hydrogen) atoms. The third-order valence-corrected chi connectivity index (χ3v) is 7.23. The van der Waals surface area contributed by atoms with Crippen molar-refractivity contribution in [2.75, 3.05) is 31.6 Å². The Hall–Kier alpha value is -2.10. The van der Waals surface area contributed by atoms with Crippen molar-refractivity contribution in [2.24, 2.45) is 5.73 Å². The first-order valence-corrected chi connectivity index (χ1v) is 10.3. The Bertz CT molecular complexity index is 820. The van der Waals surface area contributed by atoms with Crippen LogP contribution in [0.5, 0.6) is 5.75 Å². The molecule has 0 radical (unpaired) electrons. The Balaban J connectivity index is 2.01. The van der Waals surface area contributed by atoms with Gasteiger partial charge in [-0.2, -0.15) is 0 Å². The molecule has 142 valence electrons. The molecule has 0 bridgehead atoms. The molecule has 2 N–H and O–H groups in total. The van der Waals surface area contributed by atoms with Gasteiger partial charge >= 0.3 is 0 Å². The van der Waals surface area contributed by atoms with Crippen LogP contribution in [0.3, 0.4) is 0 Å². The molecule has 1 aromatic carbocycles. The summed E-state index contributed by atoms with van der Waals surface area (Å²) in [6.45, 7) is 2.13. The van der Waals surface area contributed by atoms with Crippen LogP contribution < -0.4 is 14.8 Å². The number of carbonyl (C=O) groups is 1. The molecule has 0 spiro atoms. The summed E-state index contributed by atoms with van der Waals surface area (Å²) in [5.74, 6) is 0.308. The number of likely N-dealkylation sites (N-methyl/N-ethyl adjacent to an activating group) is 1. The second-order valence-corrected chi connectivity index (χ2v) is 8.92. The molecule has 0 saturated heterocycles. The molecule has 0 aliphatic carbocycles. The van der Waals surface area contributed by atoms with Gasteiger partial charge in [-0.05, 0) is 42.6 Å². The van der Waals surface area contributed by atoms with Crippen LogP contribution in [0.1, 0.15) is 6.92 Å². The van der Waals surface area contributed by atoms with Crippen LogP contribution in [0, 0.1) is 0 Å². The van der Waals surface area contributed by atoms with Crippen LogP contribution in [0.4, 0.5) is 5.69 Å². The van der Waals surface area contributed by atoms with Crippen LogP contribution in [0.2, 0.25) is 0 Å². The maximum atomic E-state index is 12.5. The van der Waals surface area contributed by atoms with E-state index in [4.69, 9.17) is 10.5 Å². The van der Waals surface area contributed by atoms with E-state index in [0.717, 1.165) is 0 Å². The molecule has 1 unspecified atom stereocenters. The minimum Gasteiger partial charge on any atom is -0.484 e. The number of anilines is 1. The Kier molecular flexibility index (Phi) is 6.63. The predicted octanol–water partition coefficient (Wildman–Crippen LogP) is 1.76. The van der Waals surface area contributed by atoms with Crippen LogP contribution in [-0.4, -0.2) is 52.5 Å². The van der Waals surface area contributed by atoms with Gasteiger partial charge in [0.2, 0.25) is 0 Å². The lowest BCUT2D eigenvalue weighted by Gasteiger charge is -2.23. The summed E-state index contributed by atoms with van der Waals surface area (Å²) in [7, 11) is -0.398. The fourth-order valence-electron chi connectivity index (χ4n) is 2.09. The number of hydrogen-bond donors (Lipinski definition) is 1. The zero-order valence-corrected chi connectivity index (χ0v) is 16.6. The summed E-state index contributed by atoms with van der Waals surface area (Å²) in [5.41, 5.74) is 6.05. The third-order valence-electron chi connectivity index (χ3n) is 4.07. The first-order chi connectivity index (χ1) is 12.3. The molecule has 2 rings (SSSR count). The first-order valence-electron chi connectivity index (χ1n) is 7.98. The number of rotatable bonds is 8. The standard InChI is InChI=1S/C17H23N3O4S2/c1-13(11-18)19(2)16(21)12-24-15-8-6-14(7-9-15)20(3)26(22,23)17-5-4-10-25-17/h4-10,13H,11-12,18H2,1-3H3. The highest BCUT2D eigenvalue weighted by Crippen LogP contribution is 2.26.